The zero-order valence-corrected chi connectivity index (χ0v) is 20.8. The topological polar surface area (TPSA) is 126 Å². The molecule has 4 rings (SSSR count). The van der Waals surface area contributed by atoms with Crippen LogP contribution in [0, 0.1) is 11.3 Å². The van der Waals surface area contributed by atoms with Crippen LogP contribution in [0.25, 0.3) is 0 Å². The molecule has 0 aromatic heterocycles. The van der Waals surface area contributed by atoms with Gasteiger partial charge in [0, 0.05) is 18.8 Å². The third kappa shape index (κ3) is 4.91. The highest BCUT2D eigenvalue weighted by Crippen LogP contribution is 2.43. The molecule has 1 amide bonds. The quantitative estimate of drug-likeness (QED) is 0.600. The highest BCUT2D eigenvalue weighted by molar-refractivity contribution is 6.06. The number of carbonyl (C=O) groups excluding carboxylic acids is 3. The molecule has 1 atom stereocenters. The summed E-state index contributed by atoms with van der Waals surface area (Å²) < 4.78 is 10.1. The minimum atomic E-state index is -0.929. The van der Waals surface area contributed by atoms with Crippen molar-refractivity contribution in [1.82, 2.24) is 4.90 Å². The molecule has 2 aromatic rings. The van der Waals surface area contributed by atoms with E-state index in [1.807, 2.05) is 4.90 Å². The fourth-order valence-electron chi connectivity index (χ4n) is 4.80. The average Bonchev–Trinajstić information content (AvgIpc) is 3.48. The highest BCUT2D eigenvalue weighted by Gasteiger charge is 2.42. The Balaban J connectivity index is 1.82. The maximum absolute atomic E-state index is 13.1. The predicted octanol–water partition coefficient (Wildman–Crippen LogP) is 2.75. The summed E-state index contributed by atoms with van der Waals surface area (Å²) in [4.78, 5) is 42.0. The number of hydrogen-bond donors (Lipinski definition) is 1. The Bertz CT molecular complexity index is 1300. The van der Waals surface area contributed by atoms with E-state index < -0.39 is 17.9 Å². The van der Waals surface area contributed by atoms with Crippen LogP contribution < -0.4 is 10.6 Å². The Morgan fingerprint density at radius 1 is 0.973 bits per heavy atom. The lowest BCUT2D eigenvalue weighted by atomic mass is 9.81. The number of nitriles is 1. The molecule has 1 fully saturated rings. The van der Waals surface area contributed by atoms with E-state index in [1.165, 1.54) is 19.1 Å². The number of rotatable bonds is 6. The molecule has 1 saturated heterocycles. The first-order valence-electron chi connectivity index (χ1n) is 11.9. The fraction of sp³-hybridized carbons (Fsp3) is 0.286. The lowest BCUT2D eigenvalue weighted by Crippen LogP contribution is -2.40. The van der Waals surface area contributed by atoms with E-state index in [1.54, 1.807) is 54.6 Å². The second kappa shape index (κ2) is 11.0. The van der Waals surface area contributed by atoms with Crippen molar-refractivity contribution in [2.24, 2.45) is 5.73 Å². The number of allylic oxidation sites excluding steroid dienone is 1. The number of nitrogens with two attached hydrogens (primary N) is 1. The normalized spacial score (nSPS) is 17.5. The van der Waals surface area contributed by atoms with E-state index in [-0.39, 0.29) is 35.0 Å². The summed E-state index contributed by atoms with van der Waals surface area (Å²) in [5.41, 5.74) is 8.22. The van der Waals surface area contributed by atoms with E-state index in [4.69, 9.17) is 15.2 Å². The molecule has 2 aromatic carbocycles. The Labute approximate surface area is 215 Å². The zero-order chi connectivity index (χ0) is 26.5. The number of anilines is 1. The molecule has 37 heavy (non-hydrogen) atoms. The average molecular weight is 501 g/mol. The maximum atomic E-state index is 13.1. The number of amides is 1. The van der Waals surface area contributed by atoms with Crippen molar-refractivity contribution in [1.29, 1.82) is 5.26 Å². The number of methoxy groups -OCH3 is 2. The molecular formula is C28H28N4O5. The Morgan fingerprint density at radius 3 is 2.16 bits per heavy atom. The van der Waals surface area contributed by atoms with Gasteiger partial charge in [0.25, 0.3) is 0 Å². The van der Waals surface area contributed by atoms with Crippen LogP contribution in [0.5, 0.6) is 0 Å². The van der Waals surface area contributed by atoms with Crippen molar-refractivity contribution >= 4 is 23.5 Å². The molecule has 9 nitrogen and oxygen atoms in total. The van der Waals surface area contributed by atoms with Crippen LogP contribution in [0.15, 0.2) is 77.3 Å². The van der Waals surface area contributed by atoms with E-state index in [0.29, 0.717) is 11.3 Å². The molecule has 0 aliphatic carbocycles. The Hall–Kier alpha value is -4.58. The molecule has 2 aliphatic heterocycles. The molecule has 0 spiro atoms. The number of nitrogens with zero attached hydrogens (tertiary/aromatic N) is 3. The first-order valence-corrected chi connectivity index (χ1v) is 11.9. The van der Waals surface area contributed by atoms with Crippen LogP contribution in [-0.4, -0.2) is 50.1 Å². The van der Waals surface area contributed by atoms with Gasteiger partial charge in [0.05, 0.1) is 43.8 Å². The Morgan fingerprint density at radius 2 is 1.59 bits per heavy atom. The van der Waals surface area contributed by atoms with Crippen LogP contribution >= 0.6 is 0 Å². The lowest BCUT2D eigenvalue weighted by Gasteiger charge is -2.36. The van der Waals surface area contributed by atoms with E-state index in [0.717, 1.165) is 31.5 Å². The first-order chi connectivity index (χ1) is 17.9. The molecule has 2 aliphatic rings. The molecule has 2 N–H and O–H groups in total. The van der Waals surface area contributed by atoms with Gasteiger partial charge < -0.3 is 20.1 Å². The predicted molar refractivity (Wildman–Crippen MR) is 136 cm³/mol. The number of esters is 2. The number of ether oxygens (including phenoxy) is 2. The van der Waals surface area contributed by atoms with Crippen molar-refractivity contribution < 1.29 is 23.9 Å². The Kier molecular flexibility index (Phi) is 7.58. The molecule has 9 heteroatoms. The lowest BCUT2D eigenvalue weighted by molar-refractivity contribution is -0.139. The van der Waals surface area contributed by atoms with Crippen LogP contribution in [0.4, 0.5) is 5.69 Å². The van der Waals surface area contributed by atoms with Gasteiger partial charge in [-0.15, -0.1) is 0 Å². The van der Waals surface area contributed by atoms with Crippen molar-refractivity contribution in [2.45, 2.75) is 25.2 Å². The summed E-state index contributed by atoms with van der Waals surface area (Å²) in [5.74, 6) is -2.48. The molecule has 2 heterocycles. The van der Waals surface area contributed by atoms with E-state index in [9.17, 15) is 19.6 Å². The number of likely N-dealkylation sites (tertiary alicyclic amines) is 1. The maximum Gasteiger partial charge on any atom is 0.355 e. The van der Waals surface area contributed by atoms with Crippen LogP contribution in [-0.2, 0) is 30.3 Å². The SMILES string of the molecule is COC(=O)C1=C(C(=O)OC)N(c2ccc(CC(=O)N3CCCC3)cc2)C(N)=C(C#N)C1c1ccccc1. The second-order valence-electron chi connectivity index (χ2n) is 8.77. The van der Waals surface area contributed by atoms with Crippen LogP contribution in [0.3, 0.4) is 0 Å². The van der Waals surface area contributed by atoms with Gasteiger partial charge in [-0.2, -0.15) is 5.26 Å². The van der Waals surface area contributed by atoms with Gasteiger partial charge in [0.15, 0.2) is 0 Å². The molecule has 0 radical (unpaired) electrons. The highest BCUT2D eigenvalue weighted by atomic mass is 16.5. The zero-order valence-electron chi connectivity index (χ0n) is 20.8. The van der Waals surface area contributed by atoms with Crippen molar-refractivity contribution in [3.05, 3.63) is 88.4 Å². The van der Waals surface area contributed by atoms with Crippen molar-refractivity contribution in [3.8, 4) is 6.07 Å². The third-order valence-corrected chi connectivity index (χ3v) is 6.62. The van der Waals surface area contributed by atoms with Gasteiger partial charge in [-0.1, -0.05) is 42.5 Å². The van der Waals surface area contributed by atoms with Gasteiger partial charge in [-0.25, -0.2) is 9.59 Å². The summed E-state index contributed by atoms with van der Waals surface area (Å²) in [6.07, 6.45) is 2.28. The van der Waals surface area contributed by atoms with Crippen molar-refractivity contribution in [3.63, 3.8) is 0 Å². The van der Waals surface area contributed by atoms with Crippen LogP contribution in [0.1, 0.15) is 29.9 Å². The summed E-state index contributed by atoms with van der Waals surface area (Å²) in [6, 6.07) is 17.9. The second-order valence-corrected chi connectivity index (χ2v) is 8.77. The fourth-order valence-corrected chi connectivity index (χ4v) is 4.80. The molecule has 0 bridgehead atoms. The molecule has 190 valence electrons. The van der Waals surface area contributed by atoms with Gasteiger partial charge in [-0.3, -0.25) is 9.69 Å². The minimum Gasteiger partial charge on any atom is -0.466 e. The summed E-state index contributed by atoms with van der Waals surface area (Å²) in [5, 5.41) is 10.1. The number of benzene rings is 2. The summed E-state index contributed by atoms with van der Waals surface area (Å²) >= 11 is 0. The van der Waals surface area contributed by atoms with Gasteiger partial charge in [0.2, 0.25) is 5.91 Å². The standard InChI is InChI=1S/C28H28N4O5/c1-36-27(34)24-23(19-8-4-3-5-9-19)21(17-29)26(30)32(25(24)28(35)37-2)20-12-10-18(11-13-20)16-22(33)31-14-6-7-15-31/h3-5,8-13,23H,6-7,14-16,30H2,1-2H3. The third-order valence-electron chi connectivity index (χ3n) is 6.62. The van der Waals surface area contributed by atoms with Crippen molar-refractivity contribution in [2.75, 3.05) is 32.2 Å². The summed E-state index contributed by atoms with van der Waals surface area (Å²) in [7, 11) is 2.41. The van der Waals surface area contributed by atoms with E-state index >= 15 is 0 Å². The monoisotopic (exact) mass is 500 g/mol. The van der Waals surface area contributed by atoms with Gasteiger partial charge >= 0.3 is 11.9 Å². The first kappa shape index (κ1) is 25.5. The van der Waals surface area contributed by atoms with Gasteiger partial charge in [-0.05, 0) is 36.1 Å². The number of hydrogen-bond acceptors (Lipinski definition) is 8. The molecule has 1 unspecified atom stereocenters. The molecule has 0 saturated carbocycles. The smallest absolute Gasteiger partial charge is 0.355 e. The summed E-state index contributed by atoms with van der Waals surface area (Å²) in [6.45, 7) is 1.55. The number of carbonyl (C=O) groups is 3. The van der Waals surface area contributed by atoms with Gasteiger partial charge in [0.1, 0.15) is 11.5 Å². The van der Waals surface area contributed by atoms with Crippen LogP contribution in [0.2, 0.25) is 0 Å². The molecular weight excluding hydrogens is 472 g/mol. The largest absolute Gasteiger partial charge is 0.466 e. The minimum absolute atomic E-state index is 0.00898. The van der Waals surface area contributed by atoms with E-state index in [2.05, 4.69) is 6.07 Å².